The number of hydrogen-bond acceptors (Lipinski definition) is 4. The standard InChI is InChI=1S/C12H15FO5S/c1-12(2,11(15)16)6-7-4-5-8(14)10(9(7)13)19(3,17)18/h4-5,14H,6H2,1-3H3,(H,15,16). The number of carboxylic acids is 1. The molecule has 0 fully saturated rings. The topological polar surface area (TPSA) is 91.7 Å². The number of phenolic OH excluding ortho intramolecular Hbond substituents is 1. The van der Waals surface area contributed by atoms with E-state index < -0.39 is 37.7 Å². The van der Waals surface area contributed by atoms with Crippen molar-refractivity contribution in [3.05, 3.63) is 23.5 Å². The zero-order chi connectivity index (χ0) is 15.0. The van der Waals surface area contributed by atoms with E-state index in [9.17, 15) is 22.7 Å². The fourth-order valence-electron chi connectivity index (χ4n) is 1.63. The lowest BCUT2D eigenvalue weighted by molar-refractivity contribution is -0.146. The van der Waals surface area contributed by atoms with Gasteiger partial charge in [0.25, 0.3) is 0 Å². The highest BCUT2D eigenvalue weighted by Crippen LogP contribution is 2.31. The van der Waals surface area contributed by atoms with Crippen LogP contribution in [-0.4, -0.2) is 30.9 Å². The first kappa shape index (κ1) is 15.4. The van der Waals surface area contributed by atoms with Crippen LogP contribution >= 0.6 is 0 Å². The van der Waals surface area contributed by atoms with E-state index >= 15 is 0 Å². The number of carboxylic acid groups (broad SMARTS) is 1. The fourth-order valence-corrected chi connectivity index (χ4v) is 2.53. The van der Waals surface area contributed by atoms with Crippen molar-refractivity contribution in [1.29, 1.82) is 0 Å². The van der Waals surface area contributed by atoms with Crippen LogP contribution in [0.5, 0.6) is 5.75 Å². The summed E-state index contributed by atoms with van der Waals surface area (Å²) in [6.07, 6.45) is 0.591. The maximum absolute atomic E-state index is 14.1. The molecule has 0 aliphatic rings. The molecule has 0 saturated carbocycles. The number of aromatic hydroxyl groups is 1. The van der Waals surface area contributed by atoms with Gasteiger partial charge in [-0.2, -0.15) is 0 Å². The van der Waals surface area contributed by atoms with E-state index in [4.69, 9.17) is 5.11 Å². The molecule has 106 valence electrons. The summed E-state index contributed by atoms with van der Waals surface area (Å²) in [7, 11) is -3.93. The second kappa shape index (κ2) is 4.80. The largest absolute Gasteiger partial charge is 0.506 e. The molecule has 0 aliphatic heterocycles. The van der Waals surface area contributed by atoms with Crippen LogP contribution in [0.3, 0.4) is 0 Å². The smallest absolute Gasteiger partial charge is 0.309 e. The zero-order valence-electron chi connectivity index (χ0n) is 10.8. The zero-order valence-corrected chi connectivity index (χ0v) is 11.6. The second-order valence-electron chi connectivity index (χ2n) is 5.02. The van der Waals surface area contributed by atoms with Crippen LogP contribution in [0.25, 0.3) is 0 Å². The van der Waals surface area contributed by atoms with Crippen molar-refractivity contribution in [2.75, 3.05) is 6.26 Å². The lowest BCUT2D eigenvalue weighted by atomic mass is 9.86. The number of hydrogen-bond donors (Lipinski definition) is 2. The Morgan fingerprint density at radius 1 is 1.37 bits per heavy atom. The summed E-state index contributed by atoms with van der Waals surface area (Å²) in [5.41, 5.74) is -1.31. The quantitative estimate of drug-likeness (QED) is 0.878. The summed E-state index contributed by atoms with van der Waals surface area (Å²) in [6, 6.07) is 2.23. The van der Waals surface area contributed by atoms with Crippen molar-refractivity contribution in [2.45, 2.75) is 25.2 Å². The molecule has 5 nitrogen and oxygen atoms in total. The van der Waals surface area contributed by atoms with Crippen LogP contribution in [0.2, 0.25) is 0 Å². The van der Waals surface area contributed by atoms with Gasteiger partial charge in [-0.15, -0.1) is 0 Å². The molecular weight excluding hydrogens is 275 g/mol. The molecule has 2 N–H and O–H groups in total. The van der Waals surface area contributed by atoms with E-state index in [0.29, 0.717) is 0 Å². The molecule has 1 aromatic rings. The average Bonchev–Trinajstić information content (AvgIpc) is 2.20. The molecule has 0 spiro atoms. The summed E-state index contributed by atoms with van der Waals surface area (Å²) >= 11 is 0. The molecule has 1 aromatic carbocycles. The minimum Gasteiger partial charge on any atom is -0.506 e. The molecule has 1 rings (SSSR count). The number of carbonyl (C=O) groups is 1. The highest BCUT2D eigenvalue weighted by atomic mass is 32.2. The van der Waals surface area contributed by atoms with E-state index in [2.05, 4.69) is 0 Å². The molecule has 0 saturated heterocycles. The minimum absolute atomic E-state index is 0.0642. The van der Waals surface area contributed by atoms with Gasteiger partial charge in [-0.25, -0.2) is 12.8 Å². The van der Waals surface area contributed by atoms with Crippen LogP contribution in [-0.2, 0) is 21.1 Å². The molecule has 7 heteroatoms. The van der Waals surface area contributed by atoms with E-state index in [1.165, 1.54) is 19.9 Å². The van der Waals surface area contributed by atoms with Crippen LogP contribution in [0, 0.1) is 11.2 Å². The number of aliphatic carboxylic acids is 1. The second-order valence-corrected chi connectivity index (χ2v) is 6.98. The van der Waals surface area contributed by atoms with Gasteiger partial charge in [0.05, 0.1) is 5.41 Å². The number of rotatable bonds is 4. The summed E-state index contributed by atoms with van der Waals surface area (Å²) < 4.78 is 36.9. The van der Waals surface area contributed by atoms with Crippen molar-refractivity contribution < 1.29 is 27.8 Å². The SMILES string of the molecule is CC(C)(Cc1ccc(O)c(S(C)(=O)=O)c1F)C(=O)O. The van der Waals surface area contributed by atoms with Crippen molar-refractivity contribution in [3.8, 4) is 5.75 Å². The molecular formula is C12H15FO5S. The first-order valence-electron chi connectivity index (χ1n) is 5.40. The molecule has 0 amide bonds. The van der Waals surface area contributed by atoms with Crippen LogP contribution in [0.4, 0.5) is 4.39 Å². The molecule has 0 heterocycles. The van der Waals surface area contributed by atoms with Crippen molar-refractivity contribution in [2.24, 2.45) is 5.41 Å². The van der Waals surface area contributed by atoms with Gasteiger partial charge in [-0.1, -0.05) is 6.07 Å². The third kappa shape index (κ3) is 3.23. The number of phenols is 1. The number of benzene rings is 1. The van der Waals surface area contributed by atoms with Crippen molar-refractivity contribution in [3.63, 3.8) is 0 Å². The van der Waals surface area contributed by atoms with Gasteiger partial charge in [0.1, 0.15) is 16.5 Å². The van der Waals surface area contributed by atoms with Crippen LogP contribution in [0.15, 0.2) is 17.0 Å². The lowest BCUT2D eigenvalue weighted by Gasteiger charge is -2.20. The number of sulfone groups is 1. The van der Waals surface area contributed by atoms with Crippen LogP contribution < -0.4 is 0 Å². The number of halogens is 1. The van der Waals surface area contributed by atoms with Gasteiger partial charge in [0.15, 0.2) is 9.84 Å². The summed E-state index contributed by atoms with van der Waals surface area (Å²) in [5.74, 6) is -2.91. The maximum atomic E-state index is 14.1. The predicted octanol–water partition coefficient (Wildman–Crippen LogP) is 1.59. The Morgan fingerprint density at radius 3 is 2.32 bits per heavy atom. The van der Waals surface area contributed by atoms with E-state index in [0.717, 1.165) is 12.3 Å². The van der Waals surface area contributed by atoms with E-state index in [1.54, 1.807) is 0 Å². The third-order valence-electron chi connectivity index (χ3n) is 2.74. The van der Waals surface area contributed by atoms with Gasteiger partial charge in [0.2, 0.25) is 0 Å². The Hall–Kier alpha value is -1.63. The maximum Gasteiger partial charge on any atom is 0.309 e. The Kier molecular flexibility index (Phi) is 3.90. The molecule has 0 radical (unpaired) electrons. The monoisotopic (exact) mass is 290 g/mol. The first-order chi connectivity index (χ1) is 8.47. The third-order valence-corrected chi connectivity index (χ3v) is 3.87. The summed E-state index contributed by atoms with van der Waals surface area (Å²) in [4.78, 5) is 10.2. The van der Waals surface area contributed by atoms with Gasteiger partial charge in [0, 0.05) is 6.26 Å². The molecule has 0 atom stereocenters. The van der Waals surface area contributed by atoms with Crippen LogP contribution in [0.1, 0.15) is 19.4 Å². The van der Waals surface area contributed by atoms with Gasteiger partial charge in [-0.05, 0) is 31.9 Å². The highest BCUT2D eigenvalue weighted by Gasteiger charge is 2.30. The van der Waals surface area contributed by atoms with Gasteiger partial charge < -0.3 is 10.2 Å². The first-order valence-corrected chi connectivity index (χ1v) is 7.30. The molecule has 0 aliphatic carbocycles. The fraction of sp³-hybridized carbons (Fsp3) is 0.417. The Balaban J connectivity index is 3.38. The average molecular weight is 290 g/mol. The molecule has 0 unspecified atom stereocenters. The summed E-state index contributed by atoms with van der Waals surface area (Å²) in [5, 5.41) is 18.4. The van der Waals surface area contributed by atoms with Gasteiger partial charge >= 0.3 is 5.97 Å². The Morgan fingerprint density at radius 2 is 1.89 bits per heavy atom. The predicted molar refractivity (Wildman–Crippen MR) is 66.3 cm³/mol. The normalized spacial score (nSPS) is 12.4. The minimum atomic E-state index is -3.93. The molecule has 0 bridgehead atoms. The van der Waals surface area contributed by atoms with Crippen molar-refractivity contribution in [1.82, 2.24) is 0 Å². The van der Waals surface area contributed by atoms with E-state index in [1.807, 2.05) is 0 Å². The Labute approximate surface area is 110 Å². The highest BCUT2D eigenvalue weighted by molar-refractivity contribution is 7.90. The molecule has 19 heavy (non-hydrogen) atoms. The van der Waals surface area contributed by atoms with E-state index in [-0.39, 0.29) is 12.0 Å². The Bertz CT molecular complexity index is 619. The lowest BCUT2D eigenvalue weighted by Crippen LogP contribution is -2.26. The molecule has 0 aromatic heterocycles. The van der Waals surface area contributed by atoms with Gasteiger partial charge in [-0.3, -0.25) is 4.79 Å². The summed E-state index contributed by atoms with van der Waals surface area (Å²) in [6.45, 7) is 2.81. The van der Waals surface area contributed by atoms with Crippen molar-refractivity contribution >= 4 is 15.8 Å².